The van der Waals surface area contributed by atoms with Gasteiger partial charge in [0.15, 0.2) is 0 Å². The maximum absolute atomic E-state index is 5.94. The second kappa shape index (κ2) is 6.93. The number of hydrogen-bond donors (Lipinski definition) is 0. The molecule has 0 aliphatic rings. The summed E-state index contributed by atoms with van der Waals surface area (Å²) in [5.41, 5.74) is 0. The molecule has 0 amide bonds. The highest BCUT2D eigenvalue weighted by molar-refractivity contribution is 5.88. The molecule has 1 heterocycles. The molecule has 0 unspecified atom stereocenters. The van der Waals surface area contributed by atoms with Crippen molar-refractivity contribution in [3.8, 4) is 5.75 Å². The third-order valence-corrected chi connectivity index (χ3v) is 3.63. The molecule has 0 N–H and O–H groups in total. The van der Waals surface area contributed by atoms with Crippen LogP contribution in [0.1, 0.15) is 19.3 Å². The van der Waals surface area contributed by atoms with Crippen molar-refractivity contribution in [3.05, 3.63) is 61.2 Å². The van der Waals surface area contributed by atoms with Crippen molar-refractivity contribution >= 4 is 10.8 Å². The van der Waals surface area contributed by atoms with Gasteiger partial charge in [-0.05, 0) is 30.7 Å². The average molecular weight is 280 g/mol. The van der Waals surface area contributed by atoms with Crippen molar-refractivity contribution in [1.82, 2.24) is 9.55 Å². The second-order valence-corrected chi connectivity index (χ2v) is 5.19. The lowest BCUT2D eigenvalue weighted by molar-refractivity contribution is 0.307. The van der Waals surface area contributed by atoms with Gasteiger partial charge in [-0.3, -0.25) is 0 Å². The van der Waals surface area contributed by atoms with Crippen LogP contribution in [0.4, 0.5) is 0 Å². The molecule has 108 valence electrons. The maximum atomic E-state index is 5.94. The van der Waals surface area contributed by atoms with E-state index in [1.165, 1.54) is 17.2 Å². The molecule has 3 aromatic rings. The van der Waals surface area contributed by atoms with Crippen LogP contribution >= 0.6 is 0 Å². The summed E-state index contributed by atoms with van der Waals surface area (Å²) in [7, 11) is 0. The molecule has 0 spiro atoms. The number of ether oxygens (including phenoxy) is 1. The Kier molecular flexibility index (Phi) is 4.52. The van der Waals surface area contributed by atoms with Gasteiger partial charge in [-0.1, -0.05) is 36.4 Å². The summed E-state index contributed by atoms with van der Waals surface area (Å²) < 4.78 is 8.05. The van der Waals surface area contributed by atoms with E-state index in [0.29, 0.717) is 0 Å². The summed E-state index contributed by atoms with van der Waals surface area (Å²) in [4.78, 5) is 4.04. The van der Waals surface area contributed by atoms with Crippen molar-refractivity contribution in [3.63, 3.8) is 0 Å². The van der Waals surface area contributed by atoms with Crippen molar-refractivity contribution in [2.45, 2.75) is 25.8 Å². The molecule has 0 bridgehead atoms. The van der Waals surface area contributed by atoms with Gasteiger partial charge in [0.1, 0.15) is 5.75 Å². The monoisotopic (exact) mass is 280 g/mol. The Balaban J connectivity index is 1.44. The van der Waals surface area contributed by atoms with Crippen molar-refractivity contribution in [2.24, 2.45) is 0 Å². The van der Waals surface area contributed by atoms with Gasteiger partial charge in [-0.25, -0.2) is 4.98 Å². The van der Waals surface area contributed by atoms with Gasteiger partial charge in [-0.15, -0.1) is 0 Å². The number of aryl methyl sites for hydroxylation is 1. The molecule has 21 heavy (non-hydrogen) atoms. The number of benzene rings is 2. The zero-order chi connectivity index (χ0) is 14.3. The van der Waals surface area contributed by atoms with Crippen molar-refractivity contribution in [2.75, 3.05) is 6.61 Å². The molecule has 0 aliphatic heterocycles. The lowest BCUT2D eigenvalue weighted by Crippen LogP contribution is -2.00. The minimum absolute atomic E-state index is 0.776. The molecule has 0 aliphatic carbocycles. The number of hydrogen-bond acceptors (Lipinski definition) is 2. The Labute approximate surface area is 125 Å². The molecule has 0 radical (unpaired) electrons. The van der Waals surface area contributed by atoms with Crippen LogP contribution in [0.3, 0.4) is 0 Å². The number of nitrogens with zero attached hydrogens (tertiary/aromatic N) is 2. The van der Waals surface area contributed by atoms with E-state index in [0.717, 1.165) is 31.7 Å². The van der Waals surface area contributed by atoms with E-state index < -0.39 is 0 Å². The fourth-order valence-corrected chi connectivity index (χ4v) is 2.50. The fourth-order valence-electron chi connectivity index (χ4n) is 2.50. The van der Waals surface area contributed by atoms with Crippen molar-refractivity contribution < 1.29 is 4.74 Å². The quantitative estimate of drug-likeness (QED) is 0.604. The zero-order valence-corrected chi connectivity index (χ0v) is 12.1. The molecular formula is C18H20N2O. The van der Waals surface area contributed by atoms with Gasteiger partial charge in [-0.2, -0.15) is 0 Å². The highest BCUT2D eigenvalue weighted by atomic mass is 16.5. The molecule has 0 atom stereocenters. The van der Waals surface area contributed by atoms with E-state index >= 15 is 0 Å². The maximum Gasteiger partial charge on any atom is 0.127 e. The number of unbranched alkanes of at least 4 members (excludes halogenated alkanes) is 2. The Bertz CT molecular complexity index is 671. The zero-order valence-electron chi connectivity index (χ0n) is 12.1. The minimum Gasteiger partial charge on any atom is -0.493 e. The van der Waals surface area contributed by atoms with Gasteiger partial charge in [0.2, 0.25) is 0 Å². The van der Waals surface area contributed by atoms with Gasteiger partial charge in [0.25, 0.3) is 0 Å². The van der Waals surface area contributed by atoms with Crippen LogP contribution in [0, 0.1) is 0 Å². The second-order valence-electron chi connectivity index (χ2n) is 5.19. The lowest BCUT2D eigenvalue weighted by Gasteiger charge is -2.09. The molecular weight excluding hydrogens is 260 g/mol. The predicted molar refractivity (Wildman–Crippen MR) is 85.5 cm³/mol. The van der Waals surface area contributed by atoms with Gasteiger partial charge in [0.05, 0.1) is 12.9 Å². The van der Waals surface area contributed by atoms with E-state index in [9.17, 15) is 0 Å². The van der Waals surface area contributed by atoms with Crippen LogP contribution in [0.25, 0.3) is 10.8 Å². The van der Waals surface area contributed by atoms with E-state index in [-0.39, 0.29) is 0 Å². The molecule has 0 saturated carbocycles. The fraction of sp³-hybridized carbons (Fsp3) is 0.278. The summed E-state index contributed by atoms with van der Waals surface area (Å²) in [5, 5.41) is 2.42. The Morgan fingerprint density at radius 1 is 0.952 bits per heavy atom. The first kappa shape index (κ1) is 13.7. The highest BCUT2D eigenvalue weighted by Gasteiger charge is 2.00. The molecule has 3 heteroatoms. The number of imidazole rings is 1. The van der Waals surface area contributed by atoms with E-state index in [1.54, 1.807) is 0 Å². The Hall–Kier alpha value is -2.29. The molecule has 0 fully saturated rings. The summed E-state index contributed by atoms with van der Waals surface area (Å²) in [6.07, 6.45) is 9.11. The lowest BCUT2D eigenvalue weighted by atomic mass is 10.1. The first-order valence-electron chi connectivity index (χ1n) is 7.50. The van der Waals surface area contributed by atoms with Crippen LogP contribution in [-0.4, -0.2) is 16.2 Å². The molecule has 3 rings (SSSR count). The summed E-state index contributed by atoms with van der Waals surface area (Å²) >= 11 is 0. The van der Waals surface area contributed by atoms with E-state index in [4.69, 9.17) is 4.74 Å². The number of aromatic nitrogens is 2. The molecule has 0 saturated heterocycles. The van der Waals surface area contributed by atoms with Crippen LogP contribution in [0.2, 0.25) is 0 Å². The van der Waals surface area contributed by atoms with Gasteiger partial charge in [0, 0.05) is 24.3 Å². The molecule has 1 aromatic heterocycles. The third-order valence-electron chi connectivity index (χ3n) is 3.63. The van der Waals surface area contributed by atoms with Crippen molar-refractivity contribution in [1.29, 1.82) is 0 Å². The van der Waals surface area contributed by atoms with Crippen LogP contribution < -0.4 is 4.74 Å². The van der Waals surface area contributed by atoms with E-state index in [1.807, 2.05) is 24.8 Å². The first-order chi connectivity index (χ1) is 10.4. The first-order valence-corrected chi connectivity index (χ1v) is 7.50. The topological polar surface area (TPSA) is 27.1 Å². The van der Waals surface area contributed by atoms with Crippen LogP contribution in [0.5, 0.6) is 5.75 Å². The third kappa shape index (κ3) is 3.63. The summed E-state index contributed by atoms with van der Waals surface area (Å²) in [5.74, 6) is 0.989. The number of rotatable bonds is 7. The van der Waals surface area contributed by atoms with Crippen LogP contribution in [0.15, 0.2) is 61.2 Å². The smallest absolute Gasteiger partial charge is 0.127 e. The SMILES string of the molecule is c1ccc2c(OCCCCCn3ccnc3)cccc2c1. The number of fused-ring (bicyclic) bond motifs is 1. The Morgan fingerprint density at radius 2 is 1.86 bits per heavy atom. The molecule has 3 nitrogen and oxygen atoms in total. The van der Waals surface area contributed by atoms with Gasteiger partial charge < -0.3 is 9.30 Å². The van der Waals surface area contributed by atoms with Crippen LogP contribution in [-0.2, 0) is 6.54 Å². The minimum atomic E-state index is 0.776. The standard InChI is InChI=1S/C18H20N2O/c1(4-12-20-13-11-19-15-20)5-14-21-18-10-6-8-16-7-2-3-9-17(16)18/h2-3,6-11,13,15H,1,4-5,12,14H2. The highest BCUT2D eigenvalue weighted by Crippen LogP contribution is 2.25. The van der Waals surface area contributed by atoms with Gasteiger partial charge >= 0.3 is 0 Å². The Morgan fingerprint density at radius 3 is 2.76 bits per heavy atom. The normalized spacial score (nSPS) is 10.9. The predicted octanol–water partition coefficient (Wildman–Crippen LogP) is 4.29. The summed E-state index contributed by atoms with van der Waals surface area (Å²) in [6, 6.07) is 14.6. The average Bonchev–Trinajstić information content (AvgIpc) is 3.04. The summed E-state index contributed by atoms with van der Waals surface area (Å²) in [6.45, 7) is 1.81. The molecule has 2 aromatic carbocycles. The largest absolute Gasteiger partial charge is 0.493 e. The van der Waals surface area contributed by atoms with E-state index in [2.05, 4.69) is 45.9 Å².